The second-order valence-electron chi connectivity index (χ2n) is 4.90. The molecule has 104 valence electrons. The molecule has 1 unspecified atom stereocenters. The summed E-state index contributed by atoms with van der Waals surface area (Å²) in [5, 5.41) is 18.4. The molecule has 1 aromatic carbocycles. The van der Waals surface area contributed by atoms with E-state index in [1.807, 2.05) is 0 Å². The zero-order valence-electron chi connectivity index (χ0n) is 10.8. The molecule has 5 heteroatoms. The molecule has 4 nitrogen and oxygen atoms in total. The molecule has 2 rings (SSSR count). The summed E-state index contributed by atoms with van der Waals surface area (Å²) >= 11 is 0. The van der Waals surface area contributed by atoms with Crippen molar-refractivity contribution in [2.75, 3.05) is 0 Å². The van der Waals surface area contributed by atoms with Gasteiger partial charge >= 0.3 is 11.9 Å². The van der Waals surface area contributed by atoms with E-state index >= 15 is 0 Å². The predicted molar refractivity (Wildman–Crippen MR) is 70.5 cm³/mol. The summed E-state index contributed by atoms with van der Waals surface area (Å²) in [6, 6.07) is 5.61. The van der Waals surface area contributed by atoms with E-state index in [2.05, 4.69) is 0 Å². The van der Waals surface area contributed by atoms with Gasteiger partial charge in [-0.1, -0.05) is 24.3 Å². The summed E-state index contributed by atoms with van der Waals surface area (Å²) in [5.74, 6) is -2.75. The Balaban J connectivity index is 2.58. The standard InChI is InChI=1S/C15H13FO4/c1-15(14(19)20)8-10(13(17)18)5-6-12(15)9-3-2-4-11(16)7-9/h2-7H,8H2,1H3,(H,17,18)(H,19,20). The van der Waals surface area contributed by atoms with Gasteiger partial charge in [0.2, 0.25) is 0 Å². The molecule has 1 atom stereocenters. The van der Waals surface area contributed by atoms with E-state index in [0.717, 1.165) is 0 Å². The molecule has 0 saturated carbocycles. The highest BCUT2D eigenvalue weighted by molar-refractivity contribution is 5.98. The lowest BCUT2D eigenvalue weighted by atomic mass is 9.71. The Kier molecular flexibility index (Phi) is 3.44. The van der Waals surface area contributed by atoms with Crippen molar-refractivity contribution < 1.29 is 24.2 Å². The minimum atomic E-state index is -1.39. The number of halogens is 1. The van der Waals surface area contributed by atoms with Gasteiger partial charge in [0.25, 0.3) is 0 Å². The van der Waals surface area contributed by atoms with Crippen molar-refractivity contribution >= 4 is 17.5 Å². The number of aliphatic carboxylic acids is 2. The third-order valence-electron chi connectivity index (χ3n) is 3.47. The molecule has 1 aliphatic rings. The number of carboxylic acid groups (broad SMARTS) is 2. The Hall–Kier alpha value is -2.43. The van der Waals surface area contributed by atoms with Crippen molar-refractivity contribution in [1.29, 1.82) is 0 Å². The Morgan fingerprint density at radius 1 is 1.25 bits per heavy atom. The molecule has 0 radical (unpaired) electrons. The summed E-state index contributed by atoms with van der Waals surface area (Å²) in [7, 11) is 0. The summed E-state index contributed by atoms with van der Waals surface area (Å²) in [4.78, 5) is 22.6. The van der Waals surface area contributed by atoms with E-state index < -0.39 is 23.2 Å². The van der Waals surface area contributed by atoms with Crippen LogP contribution in [0.5, 0.6) is 0 Å². The van der Waals surface area contributed by atoms with Gasteiger partial charge in [0, 0.05) is 5.57 Å². The van der Waals surface area contributed by atoms with E-state index in [4.69, 9.17) is 5.11 Å². The van der Waals surface area contributed by atoms with Gasteiger partial charge in [-0.3, -0.25) is 4.79 Å². The first kappa shape index (κ1) is 14.0. The SMILES string of the molecule is CC1(C(=O)O)CC(C(=O)O)=CC=C1c1cccc(F)c1. The van der Waals surface area contributed by atoms with Crippen LogP contribution in [0.4, 0.5) is 4.39 Å². The first-order valence-corrected chi connectivity index (χ1v) is 5.98. The van der Waals surface area contributed by atoms with Crippen LogP contribution < -0.4 is 0 Å². The first-order valence-electron chi connectivity index (χ1n) is 5.98. The third kappa shape index (κ3) is 2.34. The highest BCUT2D eigenvalue weighted by Gasteiger charge is 2.41. The van der Waals surface area contributed by atoms with Crippen LogP contribution in [0.3, 0.4) is 0 Å². The van der Waals surface area contributed by atoms with E-state index in [1.54, 1.807) is 6.07 Å². The summed E-state index contributed by atoms with van der Waals surface area (Å²) in [6.07, 6.45) is 2.67. The summed E-state index contributed by atoms with van der Waals surface area (Å²) in [5.41, 5.74) is -0.531. The van der Waals surface area contributed by atoms with Gasteiger partial charge in [-0.15, -0.1) is 0 Å². The number of carbonyl (C=O) groups is 2. The van der Waals surface area contributed by atoms with Gasteiger partial charge in [0.1, 0.15) is 5.82 Å². The lowest BCUT2D eigenvalue weighted by molar-refractivity contribution is -0.144. The molecule has 0 bridgehead atoms. The maximum Gasteiger partial charge on any atom is 0.331 e. The topological polar surface area (TPSA) is 74.6 Å². The smallest absolute Gasteiger partial charge is 0.331 e. The maximum atomic E-state index is 13.3. The molecule has 0 aromatic heterocycles. The first-order chi connectivity index (χ1) is 9.34. The van der Waals surface area contributed by atoms with E-state index in [0.29, 0.717) is 11.1 Å². The van der Waals surface area contributed by atoms with Crippen molar-refractivity contribution in [1.82, 2.24) is 0 Å². The van der Waals surface area contributed by atoms with Crippen LogP contribution in [0.15, 0.2) is 42.0 Å². The number of hydrogen-bond acceptors (Lipinski definition) is 2. The zero-order valence-corrected chi connectivity index (χ0v) is 10.8. The zero-order chi connectivity index (χ0) is 14.9. The van der Waals surface area contributed by atoms with Crippen molar-refractivity contribution in [3.8, 4) is 0 Å². The van der Waals surface area contributed by atoms with Crippen LogP contribution in [0.1, 0.15) is 18.9 Å². The van der Waals surface area contributed by atoms with Gasteiger partial charge in [0.05, 0.1) is 5.41 Å². The van der Waals surface area contributed by atoms with Gasteiger partial charge in [-0.05, 0) is 36.6 Å². The van der Waals surface area contributed by atoms with Gasteiger partial charge in [0.15, 0.2) is 0 Å². The van der Waals surface area contributed by atoms with Gasteiger partial charge in [-0.25, -0.2) is 9.18 Å². The molecular weight excluding hydrogens is 263 g/mol. The molecule has 0 heterocycles. The molecular formula is C15H13FO4. The number of benzene rings is 1. The van der Waals surface area contributed by atoms with Crippen LogP contribution in [0.2, 0.25) is 0 Å². The molecule has 2 N–H and O–H groups in total. The number of carboxylic acids is 2. The van der Waals surface area contributed by atoms with Crippen molar-refractivity contribution in [2.24, 2.45) is 5.41 Å². The largest absolute Gasteiger partial charge is 0.481 e. The van der Waals surface area contributed by atoms with E-state index in [1.165, 1.54) is 37.3 Å². The van der Waals surface area contributed by atoms with Crippen molar-refractivity contribution in [2.45, 2.75) is 13.3 Å². The lowest BCUT2D eigenvalue weighted by Crippen LogP contribution is -2.32. The molecule has 1 aromatic rings. The fourth-order valence-corrected chi connectivity index (χ4v) is 2.31. The monoisotopic (exact) mass is 276 g/mol. The molecule has 20 heavy (non-hydrogen) atoms. The summed E-state index contributed by atoms with van der Waals surface area (Å²) < 4.78 is 13.3. The average molecular weight is 276 g/mol. The normalized spacial score (nSPS) is 21.9. The highest BCUT2D eigenvalue weighted by atomic mass is 19.1. The fourth-order valence-electron chi connectivity index (χ4n) is 2.31. The van der Waals surface area contributed by atoms with Crippen molar-refractivity contribution in [3.63, 3.8) is 0 Å². The Bertz CT molecular complexity index is 645. The van der Waals surface area contributed by atoms with Crippen LogP contribution in [-0.2, 0) is 9.59 Å². The number of allylic oxidation sites excluding steroid dienone is 2. The second-order valence-corrected chi connectivity index (χ2v) is 4.90. The van der Waals surface area contributed by atoms with Crippen molar-refractivity contribution in [3.05, 3.63) is 53.4 Å². The molecule has 0 aliphatic heterocycles. The van der Waals surface area contributed by atoms with Gasteiger partial charge < -0.3 is 10.2 Å². The number of rotatable bonds is 3. The quantitative estimate of drug-likeness (QED) is 0.890. The molecule has 1 aliphatic carbocycles. The molecule has 0 saturated heterocycles. The predicted octanol–water partition coefficient (Wildman–Crippen LogP) is 2.71. The van der Waals surface area contributed by atoms with Crippen LogP contribution in [-0.4, -0.2) is 22.2 Å². The van der Waals surface area contributed by atoms with E-state index in [-0.39, 0.29) is 12.0 Å². The Morgan fingerprint density at radius 3 is 2.50 bits per heavy atom. The van der Waals surface area contributed by atoms with Gasteiger partial charge in [-0.2, -0.15) is 0 Å². The highest BCUT2D eigenvalue weighted by Crippen LogP contribution is 2.43. The van der Waals surface area contributed by atoms with Crippen LogP contribution >= 0.6 is 0 Å². The van der Waals surface area contributed by atoms with Crippen LogP contribution in [0.25, 0.3) is 5.57 Å². The lowest BCUT2D eigenvalue weighted by Gasteiger charge is -2.31. The molecule has 0 fully saturated rings. The van der Waals surface area contributed by atoms with E-state index in [9.17, 15) is 19.1 Å². The second kappa shape index (κ2) is 4.92. The maximum absolute atomic E-state index is 13.3. The Morgan fingerprint density at radius 2 is 1.95 bits per heavy atom. The average Bonchev–Trinajstić information content (AvgIpc) is 2.38. The Labute approximate surface area is 114 Å². The third-order valence-corrected chi connectivity index (χ3v) is 3.47. The van der Waals surface area contributed by atoms with Crippen LogP contribution in [0, 0.1) is 11.2 Å². The molecule has 0 spiro atoms. The molecule has 0 amide bonds. The fraction of sp³-hybridized carbons (Fsp3) is 0.200. The summed E-state index contributed by atoms with van der Waals surface area (Å²) in [6.45, 7) is 1.45. The number of hydrogen-bond donors (Lipinski definition) is 2. The minimum absolute atomic E-state index is 0.0232. The minimum Gasteiger partial charge on any atom is -0.481 e.